The van der Waals surface area contributed by atoms with E-state index in [9.17, 15) is 50.4 Å². The van der Waals surface area contributed by atoms with E-state index < -0.39 is 135 Å². The standard InChI is InChI=1S/C28H46O19/c1-7-13(31)15(33)18(36)26(40-7)46-22-14(32)8(2)41-28(24(22)44-12(6)30)47-23-19(37)27(42-10(4)21(23)43-11(5)29)45-20-9(3)39-25(38)17(35)16(20)34/h7-10,13-28,31-38H,1-6H3/t7-,8-,9-,10-,13-,14-,15+,16-,17+,18+,19+,20-,21-,22+,23-,24+,25+,26-,27-,28-/m0/s1. The third kappa shape index (κ3) is 8.22. The van der Waals surface area contributed by atoms with Crippen molar-refractivity contribution in [1.82, 2.24) is 0 Å². The number of ether oxygens (including phenoxy) is 9. The Balaban J connectivity index is 1.62. The number of aliphatic hydroxyl groups excluding tert-OH is 8. The fourth-order valence-corrected chi connectivity index (χ4v) is 5.98. The van der Waals surface area contributed by atoms with Crippen molar-refractivity contribution >= 4 is 11.9 Å². The smallest absolute Gasteiger partial charge is 0.303 e. The summed E-state index contributed by atoms with van der Waals surface area (Å²) in [6, 6.07) is 0. The molecule has 4 aliphatic rings. The first-order valence-electron chi connectivity index (χ1n) is 15.3. The van der Waals surface area contributed by atoms with E-state index in [0.717, 1.165) is 13.8 Å². The van der Waals surface area contributed by atoms with Gasteiger partial charge in [-0.2, -0.15) is 0 Å². The minimum Gasteiger partial charge on any atom is -0.457 e. The van der Waals surface area contributed by atoms with Crippen LogP contribution in [0, 0.1) is 0 Å². The topological polar surface area (TPSA) is 279 Å². The van der Waals surface area contributed by atoms with Crippen molar-refractivity contribution in [2.45, 2.75) is 164 Å². The van der Waals surface area contributed by atoms with Crippen LogP contribution in [0.4, 0.5) is 0 Å². The van der Waals surface area contributed by atoms with Gasteiger partial charge in [0.1, 0.15) is 61.0 Å². The summed E-state index contributed by atoms with van der Waals surface area (Å²) >= 11 is 0. The second-order valence-corrected chi connectivity index (χ2v) is 12.2. The lowest BCUT2D eigenvalue weighted by Gasteiger charge is -2.49. The fourth-order valence-electron chi connectivity index (χ4n) is 5.98. The van der Waals surface area contributed by atoms with Crippen LogP contribution < -0.4 is 0 Å². The van der Waals surface area contributed by atoms with Gasteiger partial charge in [-0.3, -0.25) is 9.59 Å². The van der Waals surface area contributed by atoms with E-state index in [1.54, 1.807) is 0 Å². The van der Waals surface area contributed by atoms with Crippen LogP contribution in [0.25, 0.3) is 0 Å². The van der Waals surface area contributed by atoms with E-state index in [1.165, 1.54) is 27.7 Å². The third-order valence-corrected chi connectivity index (χ3v) is 8.59. The summed E-state index contributed by atoms with van der Waals surface area (Å²) in [5.74, 6) is -1.66. The first-order valence-corrected chi connectivity index (χ1v) is 15.3. The van der Waals surface area contributed by atoms with E-state index >= 15 is 0 Å². The molecule has 4 heterocycles. The zero-order valence-corrected chi connectivity index (χ0v) is 26.6. The molecule has 4 saturated heterocycles. The molecule has 4 fully saturated rings. The maximum absolute atomic E-state index is 12.2. The Morgan fingerprint density at radius 2 is 0.872 bits per heavy atom. The molecule has 0 aromatic carbocycles. The SMILES string of the molecule is CC(=O)O[C@@H]1[C@@H](O[C@@H]2O[C@@H](C)[C@H](O)[C@@H](O[C@@H]3O[C@@H](C)[C@H](O)[C@@H](O)[C@H]3O)[C@H]2OC(C)=O)[C@@H](O)[C@H](O[C@@H]2[C@@H](O)[C@@H](O)[C@H](O)O[C@H]2C)O[C@H]1C. The molecule has 4 aliphatic heterocycles. The highest BCUT2D eigenvalue weighted by atomic mass is 16.8. The molecule has 0 aromatic heterocycles. The molecule has 0 spiro atoms. The molecule has 47 heavy (non-hydrogen) atoms. The predicted molar refractivity (Wildman–Crippen MR) is 147 cm³/mol. The molecular formula is C28H46O19. The van der Waals surface area contributed by atoms with Crippen LogP contribution in [0.2, 0.25) is 0 Å². The fraction of sp³-hybridized carbons (Fsp3) is 0.929. The zero-order chi connectivity index (χ0) is 35.1. The van der Waals surface area contributed by atoms with Crippen LogP contribution in [0.15, 0.2) is 0 Å². The van der Waals surface area contributed by atoms with Crippen molar-refractivity contribution in [3.63, 3.8) is 0 Å². The lowest BCUT2D eigenvalue weighted by Crippen LogP contribution is -2.67. The van der Waals surface area contributed by atoms with Crippen molar-refractivity contribution in [3.05, 3.63) is 0 Å². The summed E-state index contributed by atoms with van der Waals surface area (Å²) < 4.78 is 50.9. The van der Waals surface area contributed by atoms with Crippen LogP contribution in [0.3, 0.4) is 0 Å². The van der Waals surface area contributed by atoms with Crippen LogP contribution in [-0.4, -0.2) is 176 Å². The van der Waals surface area contributed by atoms with E-state index in [4.69, 9.17) is 42.6 Å². The molecule has 0 radical (unpaired) electrons. The maximum atomic E-state index is 12.2. The summed E-state index contributed by atoms with van der Waals surface area (Å²) in [5, 5.41) is 83.9. The van der Waals surface area contributed by atoms with Gasteiger partial charge < -0.3 is 83.5 Å². The molecule has 0 unspecified atom stereocenters. The Morgan fingerprint density at radius 1 is 0.426 bits per heavy atom. The predicted octanol–water partition coefficient (Wildman–Crippen LogP) is -4.50. The van der Waals surface area contributed by atoms with Crippen LogP contribution in [0.5, 0.6) is 0 Å². The Hall–Kier alpha value is -1.66. The molecule has 4 rings (SSSR count). The number of carbonyl (C=O) groups is 2. The Morgan fingerprint density at radius 3 is 1.49 bits per heavy atom. The van der Waals surface area contributed by atoms with Crippen LogP contribution in [0.1, 0.15) is 41.5 Å². The number of carbonyl (C=O) groups excluding carboxylic acids is 2. The quantitative estimate of drug-likeness (QED) is 0.112. The van der Waals surface area contributed by atoms with Gasteiger partial charge in [-0.25, -0.2) is 0 Å². The number of esters is 2. The first-order chi connectivity index (χ1) is 21.9. The summed E-state index contributed by atoms with van der Waals surface area (Å²) in [4.78, 5) is 24.3. The van der Waals surface area contributed by atoms with Crippen molar-refractivity contribution in [1.29, 1.82) is 0 Å². The molecular weight excluding hydrogens is 640 g/mol. The average Bonchev–Trinajstić information content (AvgIpc) is 2.99. The van der Waals surface area contributed by atoms with Crippen LogP contribution in [-0.2, 0) is 52.2 Å². The second kappa shape index (κ2) is 15.5. The first kappa shape index (κ1) is 38.1. The van der Waals surface area contributed by atoms with Crippen molar-refractivity contribution in [3.8, 4) is 0 Å². The van der Waals surface area contributed by atoms with Crippen LogP contribution >= 0.6 is 0 Å². The average molecular weight is 687 g/mol. The molecule has 20 atom stereocenters. The molecule has 0 aliphatic carbocycles. The lowest BCUT2D eigenvalue weighted by molar-refractivity contribution is -0.384. The molecule has 19 nitrogen and oxygen atoms in total. The van der Waals surface area contributed by atoms with Crippen molar-refractivity contribution in [2.75, 3.05) is 0 Å². The third-order valence-electron chi connectivity index (χ3n) is 8.59. The van der Waals surface area contributed by atoms with E-state index in [2.05, 4.69) is 0 Å². The molecule has 0 bridgehead atoms. The monoisotopic (exact) mass is 686 g/mol. The van der Waals surface area contributed by atoms with Gasteiger partial charge in [0.15, 0.2) is 37.4 Å². The maximum Gasteiger partial charge on any atom is 0.303 e. The molecule has 0 aromatic rings. The molecule has 19 heteroatoms. The summed E-state index contributed by atoms with van der Waals surface area (Å²) in [7, 11) is 0. The normalized spacial score (nSPS) is 50.9. The van der Waals surface area contributed by atoms with Gasteiger partial charge in [0.05, 0.1) is 24.4 Å². The largest absolute Gasteiger partial charge is 0.457 e. The minimum absolute atomic E-state index is 0.781. The van der Waals surface area contributed by atoms with E-state index in [-0.39, 0.29) is 0 Å². The zero-order valence-electron chi connectivity index (χ0n) is 26.6. The van der Waals surface area contributed by atoms with Gasteiger partial charge >= 0.3 is 11.9 Å². The number of hydrogen-bond donors (Lipinski definition) is 8. The molecule has 8 N–H and O–H groups in total. The molecule has 0 amide bonds. The Kier molecular flexibility index (Phi) is 12.6. The van der Waals surface area contributed by atoms with Gasteiger partial charge in [0, 0.05) is 13.8 Å². The van der Waals surface area contributed by atoms with Gasteiger partial charge in [-0.1, -0.05) is 0 Å². The minimum atomic E-state index is -1.82. The Bertz CT molecular complexity index is 1060. The van der Waals surface area contributed by atoms with Crippen molar-refractivity contribution < 1.29 is 93.1 Å². The lowest BCUT2D eigenvalue weighted by atomic mass is 9.96. The van der Waals surface area contributed by atoms with E-state index in [0.29, 0.717) is 0 Å². The highest BCUT2D eigenvalue weighted by Gasteiger charge is 2.56. The summed E-state index contributed by atoms with van der Waals surface area (Å²) in [6.07, 6.45) is -29.8. The van der Waals surface area contributed by atoms with E-state index in [1.807, 2.05) is 0 Å². The molecule has 0 saturated carbocycles. The summed E-state index contributed by atoms with van der Waals surface area (Å²) in [6.45, 7) is 7.90. The number of hydrogen-bond acceptors (Lipinski definition) is 19. The highest BCUT2D eigenvalue weighted by molar-refractivity contribution is 5.66. The van der Waals surface area contributed by atoms with Crippen molar-refractivity contribution in [2.24, 2.45) is 0 Å². The summed E-state index contributed by atoms with van der Waals surface area (Å²) in [5.41, 5.74) is 0. The second-order valence-electron chi connectivity index (χ2n) is 12.2. The van der Waals surface area contributed by atoms with Gasteiger partial charge in [0.2, 0.25) is 0 Å². The Labute approximate surface area is 269 Å². The van der Waals surface area contributed by atoms with Gasteiger partial charge in [-0.05, 0) is 27.7 Å². The molecule has 272 valence electrons. The van der Waals surface area contributed by atoms with Gasteiger partial charge in [-0.15, -0.1) is 0 Å². The highest BCUT2D eigenvalue weighted by Crippen LogP contribution is 2.36. The van der Waals surface area contributed by atoms with Gasteiger partial charge in [0.25, 0.3) is 0 Å². The number of aliphatic hydroxyl groups is 8. The number of rotatable bonds is 8.